The Labute approximate surface area is 121 Å². The largest absolute Gasteiger partial charge is 0.480 e. The van der Waals surface area contributed by atoms with E-state index in [9.17, 15) is 9.90 Å². The molecular weight excluding hydrogens is 250 g/mol. The highest BCUT2D eigenvalue weighted by Gasteiger charge is 2.35. The molecule has 0 radical (unpaired) electrons. The van der Waals surface area contributed by atoms with Crippen molar-refractivity contribution in [3.63, 3.8) is 0 Å². The van der Waals surface area contributed by atoms with Crippen LogP contribution in [0, 0.1) is 0 Å². The lowest BCUT2D eigenvalue weighted by Gasteiger charge is -2.40. The molecule has 3 nitrogen and oxygen atoms in total. The molecule has 0 spiro atoms. The summed E-state index contributed by atoms with van der Waals surface area (Å²) < 4.78 is 0. The van der Waals surface area contributed by atoms with E-state index in [1.165, 1.54) is 18.4 Å². The Hall–Kier alpha value is -1.35. The molecular formula is C17H25NO2. The van der Waals surface area contributed by atoms with Gasteiger partial charge in [-0.1, -0.05) is 51.0 Å². The van der Waals surface area contributed by atoms with E-state index in [1.54, 1.807) is 0 Å². The van der Waals surface area contributed by atoms with Crippen molar-refractivity contribution in [1.82, 2.24) is 4.90 Å². The van der Waals surface area contributed by atoms with E-state index in [0.717, 1.165) is 31.4 Å². The molecule has 0 bridgehead atoms. The van der Waals surface area contributed by atoms with Crippen molar-refractivity contribution in [2.45, 2.75) is 58.0 Å². The number of fused-ring (bicyclic) bond motifs is 1. The summed E-state index contributed by atoms with van der Waals surface area (Å²) in [7, 11) is 0. The Bertz CT molecular complexity index is 458. The predicted molar refractivity (Wildman–Crippen MR) is 80.8 cm³/mol. The fourth-order valence-corrected chi connectivity index (χ4v) is 3.30. The number of carbonyl (C=O) groups is 1. The summed E-state index contributed by atoms with van der Waals surface area (Å²) in [6.45, 7) is 5.21. The molecule has 2 rings (SSSR count). The molecule has 110 valence electrons. The molecule has 0 saturated carbocycles. The van der Waals surface area contributed by atoms with E-state index in [2.05, 4.69) is 24.8 Å². The number of nitrogens with zero attached hydrogens (tertiary/aromatic N) is 1. The Morgan fingerprint density at radius 1 is 1.40 bits per heavy atom. The highest BCUT2D eigenvalue weighted by molar-refractivity contribution is 5.76. The van der Waals surface area contributed by atoms with Crippen molar-refractivity contribution in [2.24, 2.45) is 0 Å². The highest BCUT2D eigenvalue weighted by Crippen LogP contribution is 2.33. The number of carboxylic acid groups (broad SMARTS) is 1. The zero-order chi connectivity index (χ0) is 14.5. The smallest absolute Gasteiger partial charge is 0.325 e. The van der Waals surface area contributed by atoms with Crippen LogP contribution in [-0.4, -0.2) is 28.6 Å². The normalized spacial score (nSPS) is 20.4. The number of carboxylic acids is 1. The lowest BCUT2D eigenvalue weighted by atomic mass is 9.90. The minimum absolute atomic E-state index is 0.379. The molecule has 1 aromatic rings. The van der Waals surface area contributed by atoms with Gasteiger partial charge in [0.15, 0.2) is 0 Å². The number of hydrogen-bond acceptors (Lipinski definition) is 2. The maximum Gasteiger partial charge on any atom is 0.325 e. The average molecular weight is 275 g/mol. The van der Waals surface area contributed by atoms with Crippen LogP contribution in [0.15, 0.2) is 24.3 Å². The second-order valence-electron chi connectivity index (χ2n) is 5.63. The molecule has 1 aliphatic heterocycles. The molecule has 2 atom stereocenters. The van der Waals surface area contributed by atoms with Gasteiger partial charge in [-0.3, -0.25) is 9.69 Å². The lowest BCUT2D eigenvalue weighted by molar-refractivity contribution is -0.145. The van der Waals surface area contributed by atoms with E-state index < -0.39 is 12.0 Å². The van der Waals surface area contributed by atoms with Gasteiger partial charge in [-0.05, 0) is 30.4 Å². The summed E-state index contributed by atoms with van der Waals surface area (Å²) in [4.78, 5) is 14.0. The Balaban J connectivity index is 2.27. The van der Waals surface area contributed by atoms with Gasteiger partial charge < -0.3 is 5.11 Å². The lowest BCUT2D eigenvalue weighted by Crippen LogP contribution is -2.45. The summed E-state index contributed by atoms with van der Waals surface area (Å²) in [6, 6.07) is 7.90. The minimum atomic E-state index is -0.716. The van der Waals surface area contributed by atoms with Crippen LogP contribution in [-0.2, 0) is 11.2 Å². The summed E-state index contributed by atoms with van der Waals surface area (Å²) in [6.07, 6.45) is 5.41. The van der Waals surface area contributed by atoms with Crippen LogP contribution in [0.2, 0.25) is 0 Å². The molecule has 1 aromatic carbocycles. The summed E-state index contributed by atoms with van der Waals surface area (Å²) >= 11 is 0. The van der Waals surface area contributed by atoms with Gasteiger partial charge in [0, 0.05) is 12.6 Å². The molecule has 2 unspecified atom stereocenters. The fraction of sp³-hybridized carbons (Fsp3) is 0.588. The Morgan fingerprint density at radius 2 is 2.15 bits per heavy atom. The predicted octanol–water partition coefficient (Wildman–Crippen LogP) is 3.64. The average Bonchev–Trinajstić information content (AvgIpc) is 2.47. The summed E-state index contributed by atoms with van der Waals surface area (Å²) in [5, 5.41) is 9.68. The van der Waals surface area contributed by atoms with Crippen molar-refractivity contribution in [3.8, 4) is 0 Å². The number of rotatable bonds is 6. The molecule has 0 fully saturated rings. The molecule has 1 heterocycles. The Kier molecular flexibility index (Phi) is 5.18. The minimum Gasteiger partial charge on any atom is -0.480 e. The molecule has 0 aromatic heterocycles. The molecule has 3 heteroatoms. The van der Waals surface area contributed by atoms with Crippen LogP contribution >= 0.6 is 0 Å². The first-order valence-corrected chi connectivity index (χ1v) is 7.75. The zero-order valence-electron chi connectivity index (χ0n) is 12.5. The van der Waals surface area contributed by atoms with Crippen LogP contribution in [0.25, 0.3) is 0 Å². The molecule has 1 N–H and O–H groups in total. The second kappa shape index (κ2) is 6.89. The first-order chi connectivity index (χ1) is 9.69. The van der Waals surface area contributed by atoms with E-state index in [4.69, 9.17) is 0 Å². The third-order valence-corrected chi connectivity index (χ3v) is 4.39. The number of benzene rings is 1. The molecule has 0 saturated heterocycles. The summed E-state index contributed by atoms with van der Waals surface area (Å²) in [5.41, 5.74) is 2.18. The zero-order valence-corrected chi connectivity index (χ0v) is 12.5. The van der Waals surface area contributed by atoms with Gasteiger partial charge in [0.1, 0.15) is 6.04 Å². The van der Waals surface area contributed by atoms with Crippen LogP contribution in [0.3, 0.4) is 0 Å². The van der Waals surface area contributed by atoms with E-state index >= 15 is 0 Å². The molecule has 1 aliphatic rings. The van der Waals surface area contributed by atoms with Crippen LogP contribution < -0.4 is 0 Å². The van der Waals surface area contributed by atoms with E-state index in [-0.39, 0.29) is 0 Å². The number of unbranched alkanes of at least 4 members (excludes halogenated alkanes) is 1. The van der Waals surface area contributed by atoms with Gasteiger partial charge in [-0.15, -0.1) is 0 Å². The standard InChI is InChI=1S/C17H25NO2/c1-3-5-9-14(4-2)18-12-11-13-8-6-7-10-15(13)16(18)17(19)20/h6-8,10,14,16H,3-5,9,11-12H2,1-2H3,(H,19,20). The van der Waals surface area contributed by atoms with E-state index in [1.807, 2.05) is 18.2 Å². The van der Waals surface area contributed by atoms with Gasteiger partial charge in [0.2, 0.25) is 0 Å². The molecule has 0 aliphatic carbocycles. The number of aliphatic carboxylic acids is 1. The third-order valence-electron chi connectivity index (χ3n) is 4.39. The summed E-state index contributed by atoms with van der Waals surface area (Å²) in [5.74, 6) is -0.716. The monoisotopic (exact) mass is 275 g/mol. The Morgan fingerprint density at radius 3 is 2.80 bits per heavy atom. The first-order valence-electron chi connectivity index (χ1n) is 7.75. The van der Waals surface area contributed by atoms with Crippen LogP contribution in [0.4, 0.5) is 0 Å². The quantitative estimate of drug-likeness (QED) is 0.861. The van der Waals surface area contributed by atoms with Crippen LogP contribution in [0.1, 0.15) is 56.7 Å². The van der Waals surface area contributed by atoms with Crippen molar-refractivity contribution in [3.05, 3.63) is 35.4 Å². The maximum absolute atomic E-state index is 11.8. The van der Waals surface area contributed by atoms with Crippen molar-refractivity contribution >= 4 is 5.97 Å². The first kappa shape index (κ1) is 15.0. The fourth-order valence-electron chi connectivity index (χ4n) is 3.30. The van der Waals surface area contributed by atoms with Crippen LogP contribution in [0.5, 0.6) is 0 Å². The van der Waals surface area contributed by atoms with Crippen molar-refractivity contribution in [1.29, 1.82) is 0 Å². The SMILES string of the molecule is CCCCC(CC)N1CCc2ccccc2C1C(=O)O. The van der Waals surface area contributed by atoms with Gasteiger partial charge in [-0.2, -0.15) is 0 Å². The van der Waals surface area contributed by atoms with Gasteiger partial charge in [0.25, 0.3) is 0 Å². The second-order valence-corrected chi connectivity index (χ2v) is 5.63. The van der Waals surface area contributed by atoms with Gasteiger partial charge >= 0.3 is 5.97 Å². The van der Waals surface area contributed by atoms with Gasteiger partial charge in [-0.25, -0.2) is 0 Å². The molecule has 20 heavy (non-hydrogen) atoms. The number of hydrogen-bond donors (Lipinski definition) is 1. The third kappa shape index (κ3) is 3.04. The van der Waals surface area contributed by atoms with Crippen molar-refractivity contribution in [2.75, 3.05) is 6.54 Å². The van der Waals surface area contributed by atoms with E-state index in [0.29, 0.717) is 6.04 Å². The highest BCUT2D eigenvalue weighted by atomic mass is 16.4. The van der Waals surface area contributed by atoms with Gasteiger partial charge in [0.05, 0.1) is 0 Å². The molecule has 0 amide bonds. The van der Waals surface area contributed by atoms with Crippen molar-refractivity contribution < 1.29 is 9.90 Å². The maximum atomic E-state index is 11.8. The topological polar surface area (TPSA) is 40.5 Å².